The molecular formula is C15H25N3O2. The van der Waals surface area contributed by atoms with Gasteiger partial charge in [0.15, 0.2) is 0 Å². The second-order valence-corrected chi connectivity index (χ2v) is 5.42. The number of nitrogens with one attached hydrogen (secondary N) is 1. The Hall–Kier alpha value is -1.20. The molecule has 20 heavy (non-hydrogen) atoms. The van der Waals surface area contributed by atoms with Crippen LogP contribution in [0.1, 0.15) is 32.4 Å². The number of ether oxygens (including phenoxy) is 2. The highest BCUT2D eigenvalue weighted by Gasteiger charge is 2.32. The number of rotatable bonds is 7. The lowest BCUT2D eigenvalue weighted by molar-refractivity contribution is 0.0607. The molecule has 3 atom stereocenters. The second-order valence-electron chi connectivity index (χ2n) is 5.42. The molecule has 1 N–H and O–H groups in total. The standard InChI is InChI=1S/C15H25N3O2/c1-4-6-16-13(15-11(2)5-7-20-15)8-12-9-14(19-3)18-10-17-12/h9-11,13,15-16H,4-8H2,1-3H3. The SMILES string of the molecule is CCCNC(Cc1cc(OC)ncn1)C1OCCC1C. The molecule has 1 fully saturated rings. The Bertz CT molecular complexity index is 414. The fraction of sp³-hybridized carbons (Fsp3) is 0.733. The third-order valence-corrected chi connectivity index (χ3v) is 3.83. The van der Waals surface area contributed by atoms with Gasteiger partial charge in [0.05, 0.1) is 13.2 Å². The minimum Gasteiger partial charge on any atom is -0.481 e. The lowest BCUT2D eigenvalue weighted by Crippen LogP contribution is -2.44. The molecule has 2 rings (SSSR count). The van der Waals surface area contributed by atoms with Crippen molar-refractivity contribution in [3.05, 3.63) is 18.1 Å². The quantitative estimate of drug-likeness (QED) is 0.825. The Morgan fingerprint density at radius 1 is 1.50 bits per heavy atom. The third kappa shape index (κ3) is 3.90. The van der Waals surface area contributed by atoms with Crippen LogP contribution < -0.4 is 10.1 Å². The summed E-state index contributed by atoms with van der Waals surface area (Å²) in [6.45, 7) is 6.30. The van der Waals surface area contributed by atoms with Crippen LogP contribution in [0.15, 0.2) is 12.4 Å². The summed E-state index contributed by atoms with van der Waals surface area (Å²) in [6.07, 6.45) is 4.92. The van der Waals surface area contributed by atoms with Gasteiger partial charge in [-0.1, -0.05) is 13.8 Å². The van der Waals surface area contributed by atoms with Gasteiger partial charge in [-0.2, -0.15) is 0 Å². The molecule has 0 amide bonds. The van der Waals surface area contributed by atoms with Crippen LogP contribution in [-0.4, -0.2) is 42.4 Å². The molecule has 0 bridgehead atoms. The summed E-state index contributed by atoms with van der Waals surface area (Å²) >= 11 is 0. The van der Waals surface area contributed by atoms with Crippen LogP contribution >= 0.6 is 0 Å². The van der Waals surface area contributed by atoms with Gasteiger partial charge >= 0.3 is 0 Å². The summed E-state index contributed by atoms with van der Waals surface area (Å²) in [6, 6.07) is 2.20. The molecule has 112 valence electrons. The maximum absolute atomic E-state index is 5.92. The number of hydrogen-bond acceptors (Lipinski definition) is 5. The highest BCUT2D eigenvalue weighted by Crippen LogP contribution is 2.24. The number of methoxy groups -OCH3 is 1. The third-order valence-electron chi connectivity index (χ3n) is 3.83. The normalized spacial score (nSPS) is 23.8. The zero-order valence-electron chi connectivity index (χ0n) is 12.6. The van der Waals surface area contributed by atoms with Gasteiger partial charge in [0.2, 0.25) is 5.88 Å². The van der Waals surface area contributed by atoms with Crippen molar-refractivity contribution < 1.29 is 9.47 Å². The first kappa shape index (κ1) is 15.2. The van der Waals surface area contributed by atoms with E-state index < -0.39 is 0 Å². The zero-order valence-corrected chi connectivity index (χ0v) is 12.6. The van der Waals surface area contributed by atoms with Crippen molar-refractivity contribution in [2.24, 2.45) is 5.92 Å². The highest BCUT2D eigenvalue weighted by atomic mass is 16.5. The highest BCUT2D eigenvalue weighted by molar-refractivity contribution is 5.14. The fourth-order valence-corrected chi connectivity index (χ4v) is 2.69. The van der Waals surface area contributed by atoms with E-state index in [0.717, 1.165) is 38.1 Å². The van der Waals surface area contributed by atoms with Gasteiger partial charge in [-0.25, -0.2) is 9.97 Å². The summed E-state index contributed by atoms with van der Waals surface area (Å²) in [4.78, 5) is 8.40. The van der Waals surface area contributed by atoms with Gasteiger partial charge in [-0.3, -0.25) is 0 Å². The fourth-order valence-electron chi connectivity index (χ4n) is 2.69. The van der Waals surface area contributed by atoms with E-state index in [2.05, 4.69) is 29.1 Å². The minimum atomic E-state index is 0.266. The molecular weight excluding hydrogens is 254 g/mol. The van der Waals surface area contributed by atoms with E-state index in [4.69, 9.17) is 9.47 Å². The van der Waals surface area contributed by atoms with Crippen molar-refractivity contribution in [2.45, 2.75) is 45.3 Å². The molecule has 0 aliphatic carbocycles. The maximum atomic E-state index is 5.92. The van der Waals surface area contributed by atoms with Crippen molar-refractivity contribution in [1.82, 2.24) is 15.3 Å². The largest absolute Gasteiger partial charge is 0.481 e. The van der Waals surface area contributed by atoms with Gasteiger partial charge in [-0.05, 0) is 25.3 Å². The lowest BCUT2D eigenvalue weighted by atomic mass is 9.94. The first-order valence-corrected chi connectivity index (χ1v) is 7.44. The van der Waals surface area contributed by atoms with Crippen LogP contribution in [0.5, 0.6) is 5.88 Å². The zero-order chi connectivity index (χ0) is 14.4. The summed E-state index contributed by atoms with van der Waals surface area (Å²) in [5, 5.41) is 3.60. The van der Waals surface area contributed by atoms with Crippen molar-refractivity contribution in [3.8, 4) is 5.88 Å². The molecule has 0 radical (unpaired) electrons. The van der Waals surface area contributed by atoms with Gasteiger partial charge in [0, 0.05) is 30.8 Å². The summed E-state index contributed by atoms with van der Waals surface area (Å²) in [5.74, 6) is 1.21. The number of nitrogens with zero attached hydrogens (tertiary/aromatic N) is 2. The Labute approximate surface area is 121 Å². The predicted octanol–water partition coefficient (Wildman–Crippen LogP) is 1.82. The average Bonchev–Trinajstić information content (AvgIpc) is 2.90. The Balaban J connectivity index is 2.05. The lowest BCUT2D eigenvalue weighted by Gasteiger charge is -2.27. The first-order chi connectivity index (χ1) is 9.74. The smallest absolute Gasteiger partial charge is 0.216 e. The van der Waals surface area contributed by atoms with E-state index in [1.807, 2.05) is 6.07 Å². The molecule has 5 heteroatoms. The summed E-state index contributed by atoms with van der Waals surface area (Å²) < 4.78 is 11.1. The molecule has 2 heterocycles. The number of hydrogen-bond donors (Lipinski definition) is 1. The van der Waals surface area contributed by atoms with Crippen LogP contribution in [0.2, 0.25) is 0 Å². The topological polar surface area (TPSA) is 56.3 Å². The molecule has 1 aromatic rings. The van der Waals surface area contributed by atoms with Crippen LogP contribution in [0.4, 0.5) is 0 Å². The Morgan fingerprint density at radius 2 is 2.35 bits per heavy atom. The van der Waals surface area contributed by atoms with Gasteiger partial charge in [0.1, 0.15) is 6.33 Å². The summed E-state index contributed by atoms with van der Waals surface area (Å²) in [7, 11) is 1.63. The predicted molar refractivity (Wildman–Crippen MR) is 77.9 cm³/mol. The van der Waals surface area contributed by atoms with Gasteiger partial charge < -0.3 is 14.8 Å². The molecule has 0 spiro atoms. The van der Waals surface area contributed by atoms with Crippen LogP contribution in [-0.2, 0) is 11.2 Å². The molecule has 1 saturated heterocycles. The Kier molecular flexibility index (Phi) is 5.73. The first-order valence-electron chi connectivity index (χ1n) is 7.44. The van der Waals surface area contributed by atoms with E-state index >= 15 is 0 Å². The van der Waals surface area contributed by atoms with E-state index in [0.29, 0.717) is 17.8 Å². The van der Waals surface area contributed by atoms with Gasteiger partial charge in [0.25, 0.3) is 0 Å². The van der Waals surface area contributed by atoms with Crippen LogP contribution in [0.3, 0.4) is 0 Å². The van der Waals surface area contributed by atoms with Crippen molar-refractivity contribution >= 4 is 0 Å². The second kappa shape index (κ2) is 7.55. The van der Waals surface area contributed by atoms with Crippen molar-refractivity contribution in [2.75, 3.05) is 20.3 Å². The molecule has 1 aliphatic rings. The van der Waals surface area contributed by atoms with E-state index in [1.54, 1.807) is 13.4 Å². The van der Waals surface area contributed by atoms with E-state index in [9.17, 15) is 0 Å². The number of aromatic nitrogens is 2. The van der Waals surface area contributed by atoms with Crippen molar-refractivity contribution in [1.29, 1.82) is 0 Å². The monoisotopic (exact) mass is 279 g/mol. The maximum Gasteiger partial charge on any atom is 0.216 e. The molecule has 0 saturated carbocycles. The van der Waals surface area contributed by atoms with Crippen molar-refractivity contribution in [3.63, 3.8) is 0 Å². The molecule has 5 nitrogen and oxygen atoms in total. The van der Waals surface area contributed by atoms with Crippen LogP contribution in [0.25, 0.3) is 0 Å². The van der Waals surface area contributed by atoms with E-state index in [1.165, 1.54) is 0 Å². The molecule has 1 aliphatic heterocycles. The molecule has 1 aromatic heterocycles. The Morgan fingerprint density at radius 3 is 3.00 bits per heavy atom. The average molecular weight is 279 g/mol. The van der Waals surface area contributed by atoms with Crippen LogP contribution in [0, 0.1) is 5.92 Å². The minimum absolute atomic E-state index is 0.266. The van der Waals surface area contributed by atoms with E-state index in [-0.39, 0.29) is 6.10 Å². The summed E-state index contributed by atoms with van der Waals surface area (Å²) in [5.41, 5.74) is 0.994. The molecule has 0 aromatic carbocycles. The van der Waals surface area contributed by atoms with Gasteiger partial charge in [-0.15, -0.1) is 0 Å². The molecule has 3 unspecified atom stereocenters.